The Hall–Kier alpha value is -0.0800. The maximum absolute atomic E-state index is 5.66. The Kier molecular flexibility index (Phi) is 3.96. The lowest BCUT2D eigenvalue weighted by molar-refractivity contribution is -0.108. The maximum Gasteiger partial charge on any atom is 0.0813 e. The largest absolute Gasteiger partial charge is 0.296 e. The summed E-state index contributed by atoms with van der Waals surface area (Å²) >= 11 is 0. The highest BCUT2D eigenvalue weighted by Crippen LogP contribution is 2.29. The summed E-state index contributed by atoms with van der Waals surface area (Å²) in [6.45, 7) is 10.9. The summed E-state index contributed by atoms with van der Waals surface area (Å²) in [5.41, 5.74) is 3.17. The zero-order valence-electron chi connectivity index (χ0n) is 10.3. The molecule has 2 heteroatoms. The summed E-state index contributed by atoms with van der Waals surface area (Å²) in [6.07, 6.45) is 4.03. The molecule has 1 rings (SSSR count). The second-order valence-electron chi connectivity index (χ2n) is 5.74. The second-order valence-corrected chi connectivity index (χ2v) is 5.74. The predicted octanol–water partition coefficient (Wildman–Crippen LogP) is 3.13. The van der Waals surface area contributed by atoms with Gasteiger partial charge in [-0.05, 0) is 45.4 Å². The van der Waals surface area contributed by atoms with E-state index in [9.17, 15) is 0 Å². The van der Waals surface area contributed by atoms with Crippen LogP contribution in [-0.4, -0.2) is 11.6 Å². The summed E-state index contributed by atoms with van der Waals surface area (Å²) in [5.74, 6) is 1.47. The molecule has 0 aliphatic heterocycles. The molecule has 0 spiro atoms. The van der Waals surface area contributed by atoms with Crippen LogP contribution in [0.2, 0.25) is 0 Å². The molecule has 2 atom stereocenters. The van der Waals surface area contributed by atoms with E-state index in [1.165, 1.54) is 19.3 Å². The van der Waals surface area contributed by atoms with Crippen LogP contribution in [-0.2, 0) is 4.84 Å². The molecule has 1 N–H and O–H groups in total. The van der Waals surface area contributed by atoms with Crippen LogP contribution in [0.4, 0.5) is 0 Å². The normalized spacial score (nSPS) is 34.5. The van der Waals surface area contributed by atoms with Gasteiger partial charge in [0, 0.05) is 6.04 Å². The van der Waals surface area contributed by atoms with E-state index in [1.807, 2.05) is 0 Å². The summed E-state index contributed by atoms with van der Waals surface area (Å²) < 4.78 is 0. The number of hydrogen-bond acceptors (Lipinski definition) is 2. The van der Waals surface area contributed by atoms with E-state index in [4.69, 9.17) is 4.84 Å². The lowest BCUT2D eigenvalue weighted by atomic mass is 9.79. The van der Waals surface area contributed by atoms with E-state index >= 15 is 0 Å². The van der Waals surface area contributed by atoms with Crippen LogP contribution in [0.25, 0.3) is 0 Å². The molecule has 0 radical (unpaired) electrons. The van der Waals surface area contributed by atoms with Gasteiger partial charge in [0.2, 0.25) is 0 Å². The van der Waals surface area contributed by atoms with Gasteiger partial charge in [-0.1, -0.05) is 20.3 Å². The van der Waals surface area contributed by atoms with Crippen molar-refractivity contribution < 1.29 is 4.84 Å². The quantitative estimate of drug-likeness (QED) is 0.690. The highest BCUT2D eigenvalue weighted by atomic mass is 16.7. The first-order valence-electron chi connectivity index (χ1n) is 5.83. The van der Waals surface area contributed by atoms with E-state index in [0.717, 1.165) is 11.8 Å². The third-order valence-corrected chi connectivity index (χ3v) is 3.05. The molecule has 0 aromatic carbocycles. The van der Waals surface area contributed by atoms with Crippen LogP contribution < -0.4 is 5.48 Å². The molecule has 0 saturated heterocycles. The van der Waals surface area contributed by atoms with E-state index in [1.54, 1.807) is 0 Å². The topological polar surface area (TPSA) is 21.3 Å². The zero-order chi connectivity index (χ0) is 10.8. The van der Waals surface area contributed by atoms with Crippen LogP contribution in [0.1, 0.15) is 53.9 Å². The first kappa shape index (κ1) is 12.0. The first-order valence-corrected chi connectivity index (χ1v) is 5.83. The van der Waals surface area contributed by atoms with Gasteiger partial charge in [-0.15, -0.1) is 0 Å². The molecule has 1 fully saturated rings. The van der Waals surface area contributed by atoms with E-state index in [2.05, 4.69) is 40.1 Å². The second kappa shape index (κ2) is 4.63. The van der Waals surface area contributed by atoms with Crippen LogP contribution >= 0.6 is 0 Å². The van der Waals surface area contributed by atoms with E-state index < -0.39 is 0 Å². The van der Waals surface area contributed by atoms with Crippen molar-refractivity contribution in [3.8, 4) is 0 Å². The monoisotopic (exact) mass is 199 g/mol. The molecule has 1 saturated carbocycles. The fourth-order valence-electron chi connectivity index (χ4n) is 2.16. The van der Waals surface area contributed by atoms with Crippen molar-refractivity contribution in [3.63, 3.8) is 0 Å². The molecule has 0 aromatic heterocycles. The summed E-state index contributed by atoms with van der Waals surface area (Å²) in [7, 11) is 0. The molecule has 14 heavy (non-hydrogen) atoms. The minimum absolute atomic E-state index is 0.0864. The van der Waals surface area contributed by atoms with E-state index in [0.29, 0.717) is 6.04 Å². The predicted molar refractivity (Wildman–Crippen MR) is 59.9 cm³/mol. The average molecular weight is 199 g/mol. The van der Waals surface area contributed by atoms with Crippen LogP contribution in [0.15, 0.2) is 0 Å². The SMILES string of the molecule is CC1CCCC(C)C1NOC(C)(C)C. The third kappa shape index (κ3) is 3.58. The number of hydrogen-bond donors (Lipinski definition) is 1. The summed E-state index contributed by atoms with van der Waals surface area (Å²) in [4.78, 5) is 5.66. The minimum atomic E-state index is -0.0864. The lowest BCUT2D eigenvalue weighted by Crippen LogP contribution is -2.45. The van der Waals surface area contributed by atoms with Gasteiger partial charge in [0.05, 0.1) is 5.60 Å². The zero-order valence-corrected chi connectivity index (χ0v) is 10.3. The molecule has 0 bridgehead atoms. The van der Waals surface area contributed by atoms with Crippen LogP contribution in [0, 0.1) is 11.8 Å². The van der Waals surface area contributed by atoms with Crippen LogP contribution in [0.5, 0.6) is 0 Å². The van der Waals surface area contributed by atoms with Crippen LogP contribution in [0.3, 0.4) is 0 Å². The summed E-state index contributed by atoms with van der Waals surface area (Å²) in [5, 5.41) is 0. The number of hydroxylamine groups is 1. The molecule has 2 unspecified atom stereocenters. The average Bonchev–Trinajstić information content (AvgIpc) is 2.01. The Morgan fingerprint density at radius 2 is 1.57 bits per heavy atom. The fourth-order valence-corrected chi connectivity index (χ4v) is 2.16. The van der Waals surface area contributed by atoms with Gasteiger partial charge in [-0.3, -0.25) is 4.84 Å². The molecular formula is C12H25NO. The van der Waals surface area contributed by atoms with Gasteiger partial charge in [0.1, 0.15) is 0 Å². The highest BCUT2D eigenvalue weighted by molar-refractivity contribution is 4.81. The molecule has 0 amide bonds. The molecule has 2 nitrogen and oxygen atoms in total. The first-order chi connectivity index (χ1) is 6.40. The van der Waals surface area contributed by atoms with Crippen molar-refractivity contribution in [1.29, 1.82) is 0 Å². The van der Waals surface area contributed by atoms with Gasteiger partial charge in [0.25, 0.3) is 0 Å². The van der Waals surface area contributed by atoms with Crippen molar-refractivity contribution in [3.05, 3.63) is 0 Å². The number of nitrogens with one attached hydrogen (secondary N) is 1. The Labute approximate surface area is 88.4 Å². The van der Waals surface area contributed by atoms with Crippen molar-refractivity contribution in [2.45, 2.75) is 65.5 Å². The van der Waals surface area contributed by atoms with Gasteiger partial charge >= 0.3 is 0 Å². The lowest BCUT2D eigenvalue weighted by Gasteiger charge is -2.36. The highest BCUT2D eigenvalue weighted by Gasteiger charge is 2.28. The molecule has 0 aromatic rings. The van der Waals surface area contributed by atoms with Crippen molar-refractivity contribution in [2.75, 3.05) is 0 Å². The summed E-state index contributed by atoms with van der Waals surface area (Å²) in [6, 6.07) is 0.531. The molecule has 84 valence electrons. The maximum atomic E-state index is 5.66. The Bertz CT molecular complexity index is 164. The van der Waals surface area contributed by atoms with Crippen molar-refractivity contribution in [2.24, 2.45) is 11.8 Å². The Morgan fingerprint density at radius 3 is 2.00 bits per heavy atom. The van der Waals surface area contributed by atoms with Crippen molar-refractivity contribution in [1.82, 2.24) is 5.48 Å². The van der Waals surface area contributed by atoms with Gasteiger partial charge in [-0.25, -0.2) is 0 Å². The molecular weight excluding hydrogens is 174 g/mol. The fraction of sp³-hybridized carbons (Fsp3) is 1.00. The molecule has 1 aliphatic rings. The van der Waals surface area contributed by atoms with Gasteiger partial charge in [0.15, 0.2) is 0 Å². The molecule has 1 aliphatic carbocycles. The Balaban J connectivity index is 2.40. The standard InChI is InChI=1S/C12H25NO/c1-9-7-6-8-10(2)11(9)13-14-12(3,4)5/h9-11,13H,6-8H2,1-5H3. The van der Waals surface area contributed by atoms with Gasteiger partial charge in [-0.2, -0.15) is 5.48 Å². The van der Waals surface area contributed by atoms with E-state index in [-0.39, 0.29) is 5.60 Å². The minimum Gasteiger partial charge on any atom is -0.296 e. The smallest absolute Gasteiger partial charge is 0.0813 e. The van der Waals surface area contributed by atoms with Crippen molar-refractivity contribution >= 4 is 0 Å². The Morgan fingerprint density at radius 1 is 1.07 bits per heavy atom. The van der Waals surface area contributed by atoms with Gasteiger partial charge < -0.3 is 0 Å². The third-order valence-electron chi connectivity index (χ3n) is 3.05. The number of rotatable bonds is 2. The molecule has 0 heterocycles.